The van der Waals surface area contributed by atoms with Crippen LogP contribution in [0.1, 0.15) is 55.2 Å². The molecule has 1 amide bonds. The van der Waals surface area contributed by atoms with Crippen LogP contribution in [-0.2, 0) is 16.8 Å². The van der Waals surface area contributed by atoms with Crippen LogP contribution in [0.25, 0.3) is 11.1 Å². The Labute approximate surface area is 141 Å². The van der Waals surface area contributed by atoms with Crippen molar-refractivity contribution in [2.75, 3.05) is 5.32 Å². The largest absolute Gasteiger partial charge is 0.341 e. The summed E-state index contributed by atoms with van der Waals surface area (Å²) in [5.74, 6) is 0.0770. The standard InChI is InChI=1S/C20H22N2O2/c1-2-20-9-5-11-22-14(13-23)12-16(19(20)22)15-6-3-4-7-17(15)21-18(24)8-10-20/h3-4,6-7,12-13H,2,5,8-11H2,1H3,(H,21,24)/t20-/m0/s1. The number of carbonyl (C=O) groups excluding carboxylic acids is 2. The number of amides is 1. The first-order valence-electron chi connectivity index (χ1n) is 8.77. The quantitative estimate of drug-likeness (QED) is 0.845. The fraction of sp³-hybridized carbons (Fsp3) is 0.400. The van der Waals surface area contributed by atoms with Gasteiger partial charge in [0.1, 0.15) is 0 Å². The highest BCUT2D eigenvalue weighted by molar-refractivity contribution is 5.97. The molecule has 0 spiro atoms. The summed E-state index contributed by atoms with van der Waals surface area (Å²) in [6.45, 7) is 3.09. The maximum absolute atomic E-state index is 12.4. The van der Waals surface area contributed by atoms with Crippen LogP contribution in [0.3, 0.4) is 0 Å². The Morgan fingerprint density at radius 2 is 2.08 bits per heavy atom. The second kappa shape index (κ2) is 5.62. The van der Waals surface area contributed by atoms with Gasteiger partial charge in [-0.3, -0.25) is 9.59 Å². The third-order valence-electron chi connectivity index (χ3n) is 5.79. The van der Waals surface area contributed by atoms with E-state index in [1.165, 1.54) is 5.69 Å². The van der Waals surface area contributed by atoms with Gasteiger partial charge in [-0.15, -0.1) is 0 Å². The molecule has 24 heavy (non-hydrogen) atoms. The van der Waals surface area contributed by atoms with E-state index in [2.05, 4.69) is 16.8 Å². The summed E-state index contributed by atoms with van der Waals surface area (Å²) in [6.07, 6.45) is 5.43. The number of carbonyl (C=O) groups is 2. The highest BCUT2D eigenvalue weighted by Crippen LogP contribution is 2.48. The zero-order valence-electron chi connectivity index (χ0n) is 14.0. The number of fused-ring (bicyclic) bond motifs is 2. The molecule has 2 aliphatic rings. The number of aromatic nitrogens is 1. The molecule has 1 aromatic carbocycles. The molecule has 2 aliphatic heterocycles. The van der Waals surface area contributed by atoms with Crippen LogP contribution in [0.4, 0.5) is 5.69 Å². The van der Waals surface area contributed by atoms with Gasteiger partial charge in [0, 0.05) is 40.9 Å². The van der Waals surface area contributed by atoms with Crippen molar-refractivity contribution in [1.29, 1.82) is 0 Å². The molecule has 0 unspecified atom stereocenters. The lowest BCUT2D eigenvalue weighted by Crippen LogP contribution is -2.34. The first-order chi connectivity index (χ1) is 11.7. The van der Waals surface area contributed by atoms with Crippen LogP contribution < -0.4 is 5.32 Å². The van der Waals surface area contributed by atoms with Crippen molar-refractivity contribution < 1.29 is 9.59 Å². The van der Waals surface area contributed by atoms with Gasteiger partial charge in [0.25, 0.3) is 0 Å². The van der Waals surface area contributed by atoms with E-state index in [-0.39, 0.29) is 11.3 Å². The maximum atomic E-state index is 12.4. The molecule has 0 fully saturated rings. The van der Waals surface area contributed by atoms with Gasteiger partial charge < -0.3 is 9.88 Å². The first-order valence-corrected chi connectivity index (χ1v) is 8.77. The molecule has 1 N–H and O–H groups in total. The van der Waals surface area contributed by atoms with E-state index in [1.807, 2.05) is 30.3 Å². The number of benzene rings is 1. The second-order valence-corrected chi connectivity index (χ2v) is 6.93. The average molecular weight is 322 g/mol. The van der Waals surface area contributed by atoms with E-state index < -0.39 is 0 Å². The predicted octanol–water partition coefficient (Wildman–Crippen LogP) is 4.14. The van der Waals surface area contributed by atoms with Crippen molar-refractivity contribution in [2.45, 2.75) is 51.0 Å². The van der Waals surface area contributed by atoms with Gasteiger partial charge in [-0.2, -0.15) is 0 Å². The molecule has 2 aromatic rings. The third kappa shape index (κ3) is 2.13. The number of anilines is 1. The van der Waals surface area contributed by atoms with Gasteiger partial charge in [0.2, 0.25) is 5.91 Å². The Balaban J connectivity index is 2.06. The zero-order valence-corrected chi connectivity index (χ0v) is 14.0. The van der Waals surface area contributed by atoms with Gasteiger partial charge in [0.05, 0.1) is 5.69 Å². The zero-order chi connectivity index (χ0) is 16.7. The van der Waals surface area contributed by atoms with E-state index in [0.29, 0.717) is 6.42 Å². The monoisotopic (exact) mass is 322 g/mol. The van der Waals surface area contributed by atoms with Gasteiger partial charge in [-0.25, -0.2) is 0 Å². The highest BCUT2D eigenvalue weighted by atomic mass is 16.1. The molecular weight excluding hydrogens is 300 g/mol. The van der Waals surface area contributed by atoms with E-state index in [9.17, 15) is 9.59 Å². The average Bonchev–Trinajstić information content (AvgIpc) is 3.01. The molecule has 4 nitrogen and oxygen atoms in total. The Hall–Kier alpha value is -2.36. The maximum Gasteiger partial charge on any atom is 0.224 e. The van der Waals surface area contributed by atoms with Crippen molar-refractivity contribution in [2.24, 2.45) is 0 Å². The minimum absolute atomic E-state index is 0.0242. The summed E-state index contributed by atoms with van der Waals surface area (Å²) >= 11 is 0. The molecule has 3 heterocycles. The summed E-state index contributed by atoms with van der Waals surface area (Å²) in [4.78, 5) is 24.0. The Bertz CT molecular complexity index is 821. The van der Waals surface area contributed by atoms with Crippen LogP contribution in [0.5, 0.6) is 0 Å². The number of aldehydes is 1. The number of nitrogens with one attached hydrogen (secondary N) is 1. The molecule has 4 heteroatoms. The van der Waals surface area contributed by atoms with Crippen LogP contribution in [0, 0.1) is 0 Å². The minimum Gasteiger partial charge on any atom is -0.341 e. The molecular formula is C20H22N2O2. The van der Waals surface area contributed by atoms with Crippen molar-refractivity contribution in [3.8, 4) is 11.1 Å². The number of hydrogen-bond acceptors (Lipinski definition) is 2. The molecule has 0 saturated carbocycles. The minimum atomic E-state index is -0.0242. The highest BCUT2D eigenvalue weighted by Gasteiger charge is 2.40. The van der Waals surface area contributed by atoms with Gasteiger partial charge in [0.15, 0.2) is 6.29 Å². The summed E-state index contributed by atoms with van der Waals surface area (Å²) in [7, 11) is 0. The van der Waals surface area contributed by atoms with Gasteiger partial charge >= 0.3 is 0 Å². The molecule has 0 bridgehead atoms. The van der Waals surface area contributed by atoms with E-state index in [4.69, 9.17) is 0 Å². The number of rotatable bonds is 2. The van der Waals surface area contributed by atoms with Gasteiger partial charge in [-0.1, -0.05) is 25.1 Å². The lowest BCUT2D eigenvalue weighted by molar-refractivity contribution is -0.116. The molecule has 4 rings (SSSR count). The first kappa shape index (κ1) is 15.2. The van der Waals surface area contributed by atoms with Crippen LogP contribution in [-0.4, -0.2) is 16.8 Å². The lowest BCUT2D eigenvalue weighted by Gasteiger charge is -2.39. The molecule has 0 saturated heterocycles. The van der Waals surface area contributed by atoms with Gasteiger partial charge in [-0.05, 0) is 37.8 Å². The Kier molecular flexibility index (Phi) is 3.56. The summed E-state index contributed by atoms with van der Waals surface area (Å²) < 4.78 is 2.20. The third-order valence-corrected chi connectivity index (χ3v) is 5.79. The number of para-hydroxylation sites is 1. The van der Waals surface area contributed by atoms with E-state index >= 15 is 0 Å². The topological polar surface area (TPSA) is 51.1 Å². The molecule has 1 aromatic heterocycles. The fourth-order valence-corrected chi connectivity index (χ4v) is 4.54. The number of hydrogen-bond donors (Lipinski definition) is 1. The Morgan fingerprint density at radius 3 is 2.88 bits per heavy atom. The second-order valence-electron chi connectivity index (χ2n) is 6.93. The smallest absolute Gasteiger partial charge is 0.224 e. The normalized spacial score (nSPS) is 22.5. The van der Waals surface area contributed by atoms with E-state index in [1.54, 1.807) is 0 Å². The SMILES string of the molecule is CC[C@@]12CCCn3c(C=O)cc(c31)-c1ccccc1NC(=O)CC2. The van der Waals surface area contributed by atoms with Crippen molar-refractivity contribution in [1.82, 2.24) is 4.57 Å². The van der Waals surface area contributed by atoms with Crippen LogP contribution in [0.15, 0.2) is 30.3 Å². The molecule has 1 atom stereocenters. The molecule has 0 radical (unpaired) electrons. The number of nitrogens with zero attached hydrogens (tertiary/aromatic N) is 1. The van der Waals surface area contributed by atoms with Crippen molar-refractivity contribution in [3.63, 3.8) is 0 Å². The molecule has 124 valence electrons. The predicted molar refractivity (Wildman–Crippen MR) is 94.3 cm³/mol. The Morgan fingerprint density at radius 1 is 1.25 bits per heavy atom. The lowest BCUT2D eigenvalue weighted by atomic mass is 9.70. The van der Waals surface area contributed by atoms with Crippen molar-refractivity contribution in [3.05, 3.63) is 41.7 Å². The van der Waals surface area contributed by atoms with Crippen molar-refractivity contribution >= 4 is 17.9 Å². The summed E-state index contributed by atoms with van der Waals surface area (Å²) in [5.41, 5.74) is 4.94. The van der Waals surface area contributed by atoms with Crippen LogP contribution in [0.2, 0.25) is 0 Å². The molecule has 0 aliphatic carbocycles. The van der Waals surface area contributed by atoms with Crippen LogP contribution >= 0.6 is 0 Å². The fourth-order valence-electron chi connectivity index (χ4n) is 4.54. The summed E-state index contributed by atoms with van der Waals surface area (Å²) in [5, 5.41) is 3.06. The summed E-state index contributed by atoms with van der Waals surface area (Å²) in [6, 6.07) is 9.92. The van der Waals surface area contributed by atoms with E-state index in [0.717, 1.165) is 61.0 Å².